The summed E-state index contributed by atoms with van der Waals surface area (Å²) in [6.07, 6.45) is 4.83. The Balaban J connectivity index is 1.95. The average Bonchev–Trinajstić information content (AvgIpc) is 2.96. The molecule has 2 aromatic heterocycles. The van der Waals surface area contributed by atoms with E-state index < -0.39 is 0 Å². The van der Waals surface area contributed by atoms with E-state index in [0.717, 1.165) is 24.9 Å². The molecule has 3 rings (SSSR count). The number of hydrogen-bond acceptors (Lipinski definition) is 2. The molecule has 0 amide bonds. The molecule has 2 aromatic rings. The first-order chi connectivity index (χ1) is 9.50. The van der Waals surface area contributed by atoms with Gasteiger partial charge in [0.1, 0.15) is 0 Å². The molecule has 0 saturated carbocycles. The zero-order valence-corrected chi connectivity index (χ0v) is 13.2. The smallest absolute Gasteiger partial charge is 0.165 e. The first-order valence-corrected chi connectivity index (χ1v) is 8.14. The molecule has 3 heteroatoms. The summed E-state index contributed by atoms with van der Waals surface area (Å²) in [4.78, 5) is 13.6. The van der Waals surface area contributed by atoms with Gasteiger partial charge in [-0.15, -0.1) is 11.3 Å². The fraction of sp³-hybridized carbons (Fsp3) is 0.471. The van der Waals surface area contributed by atoms with E-state index in [-0.39, 0.29) is 5.41 Å². The summed E-state index contributed by atoms with van der Waals surface area (Å²) in [5.74, 6) is 0.303. The van der Waals surface area contributed by atoms with Crippen LogP contribution in [0.3, 0.4) is 0 Å². The van der Waals surface area contributed by atoms with Crippen LogP contribution in [0.15, 0.2) is 23.7 Å². The Morgan fingerprint density at radius 1 is 1.30 bits per heavy atom. The van der Waals surface area contributed by atoms with Gasteiger partial charge < -0.3 is 4.57 Å². The fourth-order valence-electron chi connectivity index (χ4n) is 3.13. The van der Waals surface area contributed by atoms with Crippen molar-refractivity contribution in [3.8, 4) is 0 Å². The summed E-state index contributed by atoms with van der Waals surface area (Å²) >= 11 is 1.82. The normalized spacial score (nSPS) is 17.2. The predicted molar refractivity (Wildman–Crippen MR) is 83.7 cm³/mol. The van der Waals surface area contributed by atoms with Crippen molar-refractivity contribution in [1.82, 2.24) is 4.57 Å². The van der Waals surface area contributed by atoms with Gasteiger partial charge >= 0.3 is 0 Å². The molecule has 2 nitrogen and oxygen atoms in total. The number of hydrogen-bond donors (Lipinski definition) is 0. The molecule has 106 valence electrons. The monoisotopic (exact) mass is 287 g/mol. The Hall–Kier alpha value is -1.35. The van der Waals surface area contributed by atoms with Crippen LogP contribution in [0.2, 0.25) is 0 Å². The predicted octanol–water partition coefficient (Wildman–Crippen LogP) is 4.32. The number of aryl methyl sites for hydroxylation is 1. The Labute approximate surface area is 124 Å². The number of ketones is 1. The molecule has 0 radical (unpaired) electrons. The van der Waals surface area contributed by atoms with Crippen LogP contribution >= 0.6 is 11.3 Å². The molecule has 0 fully saturated rings. The van der Waals surface area contributed by atoms with Gasteiger partial charge in [-0.2, -0.15) is 0 Å². The Bertz CT molecular complexity index is 648. The summed E-state index contributed by atoms with van der Waals surface area (Å²) in [6, 6.07) is 4.22. The second-order valence-electron chi connectivity index (χ2n) is 6.47. The van der Waals surface area contributed by atoms with Gasteiger partial charge in [0.2, 0.25) is 0 Å². The maximum atomic E-state index is 12.2. The van der Waals surface area contributed by atoms with Gasteiger partial charge in [0.05, 0.1) is 6.54 Å². The summed E-state index contributed by atoms with van der Waals surface area (Å²) in [6.45, 7) is 7.48. The fourth-order valence-corrected chi connectivity index (χ4v) is 4.10. The largest absolute Gasteiger partial charge is 0.345 e. The first-order valence-electron chi connectivity index (χ1n) is 7.26. The number of carbonyl (C=O) groups is 1. The average molecular weight is 287 g/mol. The number of Topliss-reactive ketones (excluding diaryl/α,β-unsaturated/α-hetero) is 1. The van der Waals surface area contributed by atoms with Crippen molar-refractivity contribution in [3.05, 3.63) is 45.4 Å². The molecule has 0 N–H and O–H groups in total. The maximum Gasteiger partial charge on any atom is 0.165 e. The van der Waals surface area contributed by atoms with E-state index in [1.54, 1.807) is 0 Å². The summed E-state index contributed by atoms with van der Waals surface area (Å²) in [7, 11) is 0. The number of nitrogens with zero attached hydrogens (tertiary/aromatic N) is 1. The highest BCUT2D eigenvalue weighted by Crippen LogP contribution is 2.35. The van der Waals surface area contributed by atoms with Gasteiger partial charge in [-0.1, -0.05) is 20.8 Å². The van der Waals surface area contributed by atoms with E-state index in [2.05, 4.69) is 43.0 Å². The lowest BCUT2D eigenvalue weighted by Gasteiger charge is -2.29. The molecule has 1 aliphatic carbocycles. The molecule has 0 saturated heterocycles. The third kappa shape index (κ3) is 2.35. The summed E-state index contributed by atoms with van der Waals surface area (Å²) in [5.41, 5.74) is 3.68. The highest BCUT2D eigenvalue weighted by Gasteiger charge is 2.32. The van der Waals surface area contributed by atoms with Crippen molar-refractivity contribution in [3.63, 3.8) is 0 Å². The van der Waals surface area contributed by atoms with Crippen LogP contribution in [-0.2, 0) is 19.4 Å². The number of carbonyl (C=O) groups excluding carboxylic acids is 1. The Kier molecular flexibility index (Phi) is 3.33. The lowest BCUT2D eigenvalue weighted by Crippen LogP contribution is -2.28. The standard InChI is InChI=1S/C17H21NOS/c1-4-12-6-8-20-16(12)11-18-7-5-13-14(18)9-17(2,3)10-15(13)19/h5-8H,4,9-11H2,1-3H3. The van der Waals surface area contributed by atoms with Crippen molar-refractivity contribution >= 4 is 17.1 Å². The first kappa shape index (κ1) is 13.6. The van der Waals surface area contributed by atoms with Crippen molar-refractivity contribution in [1.29, 1.82) is 0 Å². The van der Waals surface area contributed by atoms with Crippen molar-refractivity contribution in [2.24, 2.45) is 5.41 Å². The number of thiophene rings is 1. The topological polar surface area (TPSA) is 22.0 Å². The lowest BCUT2D eigenvalue weighted by molar-refractivity contribution is 0.0910. The molecule has 0 atom stereocenters. The maximum absolute atomic E-state index is 12.2. The molecular formula is C17H21NOS. The zero-order chi connectivity index (χ0) is 14.3. The number of aromatic nitrogens is 1. The van der Waals surface area contributed by atoms with Crippen LogP contribution in [0.1, 0.15) is 53.7 Å². The van der Waals surface area contributed by atoms with E-state index in [9.17, 15) is 4.79 Å². The SMILES string of the molecule is CCc1ccsc1Cn1ccc2c1CC(C)(C)CC2=O. The van der Waals surface area contributed by atoms with Gasteiger partial charge in [0, 0.05) is 28.8 Å². The van der Waals surface area contributed by atoms with Gasteiger partial charge in [-0.25, -0.2) is 0 Å². The Morgan fingerprint density at radius 2 is 2.10 bits per heavy atom. The van der Waals surface area contributed by atoms with Crippen LogP contribution in [0.4, 0.5) is 0 Å². The zero-order valence-electron chi connectivity index (χ0n) is 12.4. The molecular weight excluding hydrogens is 266 g/mol. The lowest BCUT2D eigenvalue weighted by atomic mass is 9.76. The van der Waals surface area contributed by atoms with Gasteiger partial charge in [0.25, 0.3) is 0 Å². The summed E-state index contributed by atoms with van der Waals surface area (Å²) < 4.78 is 2.28. The second kappa shape index (κ2) is 4.88. The third-order valence-corrected chi connectivity index (χ3v) is 5.14. The van der Waals surface area contributed by atoms with Crippen LogP contribution in [0.25, 0.3) is 0 Å². The van der Waals surface area contributed by atoms with Gasteiger partial charge in [-0.3, -0.25) is 4.79 Å². The van der Waals surface area contributed by atoms with Gasteiger partial charge in [0.15, 0.2) is 5.78 Å². The van der Waals surface area contributed by atoms with E-state index in [0.29, 0.717) is 12.2 Å². The second-order valence-corrected chi connectivity index (χ2v) is 7.47. The highest BCUT2D eigenvalue weighted by molar-refractivity contribution is 7.10. The number of fused-ring (bicyclic) bond motifs is 1. The minimum Gasteiger partial charge on any atom is -0.345 e. The third-order valence-electron chi connectivity index (χ3n) is 4.20. The molecule has 20 heavy (non-hydrogen) atoms. The van der Waals surface area contributed by atoms with Gasteiger partial charge in [-0.05, 0) is 41.3 Å². The van der Waals surface area contributed by atoms with Crippen LogP contribution in [0, 0.1) is 5.41 Å². The van der Waals surface area contributed by atoms with Crippen molar-refractivity contribution < 1.29 is 4.79 Å². The minimum atomic E-state index is 0.0865. The van der Waals surface area contributed by atoms with Crippen molar-refractivity contribution in [2.75, 3.05) is 0 Å². The van der Waals surface area contributed by atoms with Crippen molar-refractivity contribution in [2.45, 2.75) is 46.6 Å². The molecule has 1 aliphatic rings. The van der Waals surface area contributed by atoms with E-state index in [4.69, 9.17) is 0 Å². The molecule has 0 aromatic carbocycles. The molecule has 0 bridgehead atoms. The van der Waals surface area contributed by atoms with Crippen LogP contribution in [-0.4, -0.2) is 10.4 Å². The van der Waals surface area contributed by atoms with E-state index in [1.165, 1.54) is 16.1 Å². The Morgan fingerprint density at radius 3 is 2.85 bits per heavy atom. The summed E-state index contributed by atoms with van der Waals surface area (Å²) in [5, 5.41) is 2.17. The minimum absolute atomic E-state index is 0.0865. The molecule has 2 heterocycles. The van der Waals surface area contributed by atoms with E-state index in [1.807, 2.05) is 17.4 Å². The van der Waals surface area contributed by atoms with Crippen LogP contribution < -0.4 is 0 Å². The van der Waals surface area contributed by atoms with Crippen LogP contribution in [0.5, 0.6) is 0 Å². The molecule has 0 spiro atoms. The highest BCUT2D eigenvalue weighted by atomic mass is 32.1. The molecule has 0 unspecified atom stereocenters. The number of rotatable bonds is 3. The molecule has 0 aliphatic heterocycles. The van der Waals surface area contributed by atoms with E-state index >= 15 is 0 Å². The quantitative estimate of drug-likeness (QED) is 0.824.